The van der Waals surface area contributed by atoms with Crippen molar-refractivity contribution < 1.29 is 28.9 Å². The number of benzene rings is 2. The molecule has 0 radical (unpaired) electrons. The number of hydrogen-bond donors (Lipinski definition) is 1. The zero-order valence-corrected chi connectivity index (χ0v) is 20.0. The Balaban J connectivity index is 1.80. The molecule has 2 aliphatic heterocycles. The molecule has 2 saturated heterocycles. The Morgan fingerprint density at radius 1 is 1.11 bits per heavy atom. The largest absolute Gasteiger partial charge is 0.507 e. The monoisotopic (exact) mass is 478 g/mol. The standard InChI is InChI=1S/C27H30N2O6/c1-4-11-29-24(19-7-10-22(34-3)20(16-19)17-28-12-14-35-15-13-28)23(26(31)27(29)32)25(30)18-5-8-21(33-2)9-6-18/h4-10,16,24,30H,1,11-15,17H2,2-3H3/b25-23+. The number of Topliss-reactive ketones (excluding diaryl/α,β-unsaturated/α-hetero) is 1. The minimum Gasteiger partial charge on any atom is -0.507 e. The second kappa shape index (κ2) is 10.8. The number of aliphatic hydroxyl groups excluding tert-OH is 1. The third-order valence-corrected chi connectivity index (χ3v) is 6.35. The molecule has 2 aromatic carbocycles. The lowest BCUT2D eigenvalue weighted by Gasteiger charge is -2.28. The van der Waals surface area contributed by atoms with E-state index in [1.54, 1.807) is 44.6 Å². The summed E-state index contributed by atoms with van der Waals surface area (Å²) >= 11 is 0. The lowest BCUT2D eigenvalue weighted by Crippen LogP contribution is -2.35. The van der Waals surface area contributed by atoms with Crippen molar-refractivity contribution in [2.24, 2.45) is 0 Å². The van der Waals surface area contributed by atoms with Gasteiger partial charge in [-0.25, -0.2) is 0 Å². The summed E-state index contributed by atoms with van der Waals surface area (Å²) in [6.07, 6.45) is 1.57. The Bertz CT molecular complexity index is 1130. The van der Waals surface area contributed by atoms with E-state index in [4.69, 9.17) is 14.2 Å². The molecule has 2 aromatic rings. The Hall–Kier alpha value is -3.62. The molecule has 0 aliphatic carbocycles. The van der Waals surface area contributed by atoms with E-state index in [-0.39, 0.29) is 17.9 Å². The number of rotatable bonds is 8. The van der Waals surface area contributed by atoms with Gasteiger partial charge in [-0.05, 0) is 42.0 Å². The van der Waals surface area contributed by atoms with Crippen molar-refractivity contribution in [1.29, 1.82) is 0 Å². The molecule has 8 heteroatoms. The van der Waals surface area contributed by atoms with Crippen molar-refractivity contribution in [3.8, 4) is 11.5 Å². The molecule has 2 aliphatic rings. The van der Waals surface area contributed by atoms with E-state index in [0.29, 0.717) is 36.6 Å². The molecule has 1 amide bonds. The highest BCUT2D eigenvalue weighted by atomic mass is 16.5. The summed E-state index contributed by atoms with van der Waals surface area (Å²) in [5.41, 5.74) is 2.12. The van der Waals surface area contributed by atoms with E-state index in [9.17, 15) is 14.7 Å². The number of carbonyl (C=O) groups is 2. The fraction of sp³-hybridized carbons (Fsp3) is 0.333. The first-order valence-electron chi connectivity index (χ1n) is 11.5. The molecule has 0 aromatic heterocycles. The molecular formula is C27H30N2O6. The topological polar surface area (TPSA) is 88.5 Å². The Labute approximate surface area is 205 Å². The number of carbonyl (C=O) groups excluding carboxylic acids is 2. The van der Waals surface area contributed by atoms with Gasteiger partial charge >= 0.3 is 0 Å². The molecule has 0 bridgehead atoms. The SMILES string of the molecule is C=CCN1C(=O)C(=O)/C(=C(/O)c2ccc(OC)cc2)C1c1ccc(OC)c(CN2CCOCC2)c1. The van der Waals surface area contributed by atoms with Gasteiger partial charge in [-0.3, -0.25) is 14.5 Å². The third kappa shape index (κ3) is 4.94. The molecule has 2 heterocycles. The number of aliphatic hydroxyl groups is 1. The predicted octanol–water partition coefficient (Wildman–Crippen LogP) is 3.14. The van der Waals surface area contributed by atoms with E-state index in [1.165, 1.54) is 4.90 Å². The first kappa shape index (κ1) is 24.5. The van der Waals surface area contributed by atoms with Gasteiger partial charge in [0, 0.05) is 37.3 Å². The van der Waals surface area contributed by atoms with Gasteiger partial charge < -0.3 is 24.2 Å². The fourth-order valence-electron chi connectivity index (χ4n) is 4.55. The van der Waals surface area contributed by atoms with Crippen LogP contribution in [0.25, 0.3) is 5.76 Å². The van der Waals surface area contributed by atoms with Crippen LogP contribution in [0.15, 0.2) is 60.7 Å². The molecule has 35 heavy (non-hydrogen) atoms. The quantitative estimate of drug-likeness (QED) is 0.270. The maximum atomic E-state index is 13.1. The molecule has 4 rings (SSSR count). The summed E-state index contributed by atoms with van der Waals surface area (Å²) in [4.78, 5) is 29.8. The minimum atomic E-state index is -0.760. The molecular weight excluding hydrogens is 448 g/mol. The number of amides is 1. The summed E-state index contributed by atoms with van der Waals surface area (Å²) in [6.45, 7) is 7.50. The summed E-state index contributed by atoms with van der Waals surface area (Å²) in [5.74, 6) is -0.288. The fourth-order valence-corrected chi connectivity index (χ4v) is 4.55. The van der Waals surface area contributed by atoms with Crippen molar-refractivity contribution in [2.45, 2.75) is 12.6 Å². The van der Waals surface area contributed by atoms with Crippen LogP contribution in [0.4, 0.5) is 0 Å². The maximum absolute atomic E-state index is 13.1. The van der Waals surface area contributed by atoms with Crippen molar-refractivity contribution in [1.82, 2.24) is 9.80 Å². The van der Waals surface area contributed by atoms with Gasteiger partial charge in [0.2, 0.25) is 0 Å². The van der Waals surface area contributed by atoms with Crippen LogP contribution >= 0.6 is 0 Å². The molecule has 1 N–H and O–H groups in total. The van der Waals surface area contributed by atoms with Crippen LogP contribution in [0.3, 0.4) is 0 Å². The van der Waals surface area contributed by atoms with Gasteiger partial charge in [-0.15, -0.1) is 6.58 Å². The summed E-state index contributed by atoms with van der Waals surface area (Å²) in [6, 6.07) is 11.6. The summed E-state index contributed by atoms with van der Waals surface area (Å²) in [5, 5.41) is 11.2. The number of methoxy groups -OCH3 is 2. The van der Waals surface area contributed by atoms with Gasteiger partial charge in [-0.2, -0.15) is 0 Å². The van der Waals surface area contributed by atoms with Gasteiger partial charge in [0.15, 0.2) is 0 Å². The Morgan fingerprint density at radius 3 is 2.46 bits per heavy atom. The lowest BCUT2D eigenvalue weighted by molar-refractivity contribution is -0.139. The first-order valence-corrected chi connectivity index (χ1v) is 11.5. The van der Waals surface area contributed by atoms with Crippen LogP contribution in [-0.4, -0.2) is 73.7 Å². The Kier molecular flexibility index (Phi) is 7.53. The lowest BCUT2D eigenvalue weighted by atomic mass is 9.93. The molecule has 0 spiro atoms. The van der Waals surface area contributed by atoms with Crippen LogP contribution in [0.2, 0.25) is 0 Å². The van der Waals surface area contributed by atoms with Crippen LogP contribution in [-0.2, 0) is 20.9 Å². The second-order valence-electron chi connectivity index (χ2n) is 8.43. The normalized spacial score (nSPS) is 20.2. The minimum absolute atomic E-state index is 0.0458. The average Bonchev–Trinajstić information content (AvgIpc) is 3.14. The molecule has 184 valence electrons. The number of hydrogen-bond acceptors (Lipinski definition) is 7. The maximum Gasteiger partial charge on any atom is 0.295 e. The highest BCUT2D eigenvalue weighted by Crippen LogP contribution is 2.40. The molecule has 0 saturated carbocycles. The van der Waals surface area contributed by atoms with Gasteiger partial charge in [-0.1, -0.05) is 12.1 Å². The second-order valence-corrected chi connectivity index (χ2v) is 8.43. The molecule has 1 atom stereocenters. The zero-order chi connectivity index (χ0) is 24.9. The highest BCUT2D eigenvalue weighted by Gasteiger charge is 2.45. The van der Waals surface area contributed by atoms with Crippen LogP contribution in [0.1, 0.15) is 22.7 Å². The van der Waals surface area contributed by atoms with E-state index in [2.05, 4.69) is 11.5 Å². The van der Waals surface area contributed by atoms with Crippen molar-refractivity contribution >= 4 is 17.4 Å². The van der Waals surface area contributed by atoms with Gasteiger partial charge in [0.1, 0.15) is 17.3 Å². The summed E-state index contributed by atoms with van der Waals surface area (Å²) < 4.78 is 16.2. The van der Waals surface area contributed by atoms with Gasteiger partial charge in [0.05, 0.1) is 39.0 Å². The smallest absolute Gasteiger partial charge is 0.295 e. The number of ether oxygens (including phenoxy) is 3. The first-order chi connectivity index (χ1) is 17.0. The van der Waals surface area contributed by atoms with E-state index >= 15 is 0 Å². The van der Waals surface area contributed by atoms with Crippen molar-refractivity contribution in [3.05, 3.63) is 77.4 Å². The molecule has 2 fully saturated rings. The van der Waals surface area contributed by atoms with Gasteiger partial charge in [0.25, 0.3) is 11.7 Å². The predicted molar refractivity (Wildman–Crippen MR) is 131 cm³/mol. The number of morpholine rings is 1. The van der Waals surface area contributed by atoms with Crippen LogP contribution in [0, 0.1) is 0 Å². The van der Waals surface area contributed by atoms with Crippen LogP contribution in [0.5, 0.6) is 11.5 Å². The summed E-state index contributed by atoms with van der Waals surface area (Å²) in [7, 11) is 3.17. The number of likely N-dealkylation sites (tertiary alicyclic amines) is 1. The number of ketones is 1. The highest BCUT2D eigenvalue weighted by molar-refractivity contribution is 6.46. The van der Waals surface area contributed by atoms with E-state index in [1.807, 2.05) is 18.2 Å². The Morgan fingerprint density at radius 2 is 1.83 bits per heavy atom. The average molecular weight is 479 g/mol. The zero-order valence-electron chi connectivity index (χ0n) is 20.0. The van der Waals surface area contributed by atoms with E-state index in [0.717, 1.165) is 24.4 Å². The van der Waals surface area contributed by atoms with Crippen LogP contribution < -0.4 is 9.47 Å². The molecule has 8 nitrogen and oxygen atoms in total. The molecule has 1 unspecified atom stereocenters. The number of nitrogens with zero attached hydrogens (tertiary/aromatic N) is 2. The van der Waals surface area contributed by atoms with Crippen molar-refractivity contribution in [2.75, 3.05) is 47.1 Å². The van der Waals surface area contributed by atoms with E-state index < -0.39 is 17.7 Å². The third-order valence-electron chi connectivity index (χ3n) is 6.35. The van der Waals surface area contributed by atoms with Crippen molar-refractivity contribution in [3.63, 3.8) is 0 Å².